The van der Waals surface area contributed by atoms with Crippen molar-refractivity contribution >= 4 is 22.3 Å². The average Bonchev–Trinajstić information content (AvgIpc) is 2.96. The van der Waals surface area contributed by atoms with Crippen LogP contribution in [0.1, 0.15) is 25.0 Å². The lowest BCUT2D eigenvalue weighted by Crippen LogP contribution is -2.39. The predicted octanol–water partition coefficient (Wildman–Crippen LogP) is 4.53. The molecule has 2 heterocycles. The number of benzene rings is 2. The monoisotopic (exact) mass is 369 g/mol. The van der Waals surface area contributed by atoms with Gasteiger partial charge < -0.3 is 15.2 Å². The lowest BCUT2D eigenvalue weighted by molar-refractivity contribution is 0.507. The van der Waals surface area contributed by atoms with Gasteiger partial charge in [0.2, 0.25) is 5.56 Å². The summed E-state index contributed by atoms with van der Waals surface area (Å²) < 4.78 is 27.8. The van der Waals surface area contributed by atoms with Crippen LogP contribution in [0.15, 0.2) is 41.2 Å². The van der Waals surface area contributed by atoms with Gasteiger partial charge in [-0.3, -0.25) is 4.79 Å². The highest BCUT2D eigenvalue weighted by atomic mass is 19.2. The molecule has 6 heteroatoms. The smallest absolute Gasteiger partial charge is 0.248 e. The number of halogens is 2. The summed E-state index contributed by atoms with van der Waals surface area (Å²) in [6.45, 7) is 6.68. The van der Waals surface area contributed by atoms with E-state index in [1.54, 1.807) is 0 Å². The third-order valence-electron chi connectivity index (χ3n) is 5.07. The second-order valence-corrected chi connectivity index (χ2v) is 7.42. The Labute approximate surface area is 155 Å². The first-order chi connectivity index (χ1) is 12.8. The molecule has 0 radical (unpaired) electrons. The van der Waals surface area contributed by atoms with Gasteiger partial charge in [-0.2, -0.15) is 0 Å². The highest BCUT2D eigenvalue weighted by Crippen LogP contribution is 2.39. The summed E-state index contributed by atoms with van der Waals surface area (Å²) in [4.78, 5) is 16.7. The largest absolute Gasteiger partial charge is 0.363 e. The molecule has 1 aromatic heterocycles. The molecule has 1 aliphatic rings. The van der Waals surface area contributed by atoms with Crippen molar-refractivity contribution in [2.75, 3.05) is 10.2 Å². The minimum Gasteiger partial charge on any atom is -0.363 e. The van der Waals surface area contributed by atoms with Crippen molar-refractivity contribution < 1.29 is 8.78 Å². The second-order valence-electron chi connectivity index (χ2n) is 7.42. The number of aromatic nitrogens is 1. The number of nitrogens with one attached hydrogen (secondary N) is 2. The molecule has 0 spiro atoms. The normalized spacial score (nSPS) is 16.1. The number of nitrogens with zero attached hydrogens (tertiary/aromatic N) is 1. The molecule has 2 aromatic carbocycles. The Morgan fingerprint density at radius 3 is 2.67 bits per heavy atom. The zero-order chi connectivity index (χ0) is 19.3. The van der Waals surface area contributed by atoms with Crippen molar-refractivity contribution in [2.24, 2.45) is 5.92 Å². The number of hydrogen-bond donors (Lipinski definition) is 2. The second kappa shape index (κ2) is 6.37. The Hall–Kier alpha value is -2.89. The fraction of sp³-hybridized carbons (Fsp3) is 0.286. The fourth-order valence-corrected chi connectivity index (χ4v) is 3.75. The highest BCUT2D eigenvalue weighted by molar-refractivity contribution is 5.84. The van der Waals surface area contributed by atoms with Crippen LogP contribution in [0.3, 0.4) is 0 Å². The van der Waals surface area contributed by atoms with Crippen LogP contribution in [0.4, 0.5) is 20.2 Å². The highest BCUT2D eigenvalue weighted by Gasteiger charge is 2.31. The van der Waals surface area contributed by atoms with E-state index in [0.29, 0.717) is 23.4 Å². The maximum atomic E-state index is 14.2. The van der Waals surface area contributed by atoms with E-state index < -0.39 is 17.2 Å². The SMILES string of the molecule is Cc1ccc2c(c1)N(Cc1cc(=O)[nH]c3c(F)c(F)ccc13)C(C(C)C)N2. The third kappa shape index (κ3) is 2.95. The van der Waals surface area contributed by atoms with Crippen LogP contribution >= 0.6 is 0 Å². The maximum Gasteiger partial charge on any atom is 0.248 e. The van der Waals surface area contributed by atoms with E-state index in [9.17, 15) is 13.6 Å². The van der Waals surface area contributed by atoms with Gasteiger partial charge in [-0.1, -0.05) is 19.9 Å². The molecule has 4 rings (SSSR count). The van der Waals surface area contributed by atoms with Crippen LogP contribution < -0.4 is 15.8 Å². The van der Waals surface area contributed by atoms with Gasteiger partial charge in [0.05, 0.1) is 16.9 Å². The van der Waals surface area contributed by atoms with E-state index in [2.05, 4.69) is 35.1 Å². The molecule has 2 N–H and O–H groups in total. The van der Waals surface area contributed by atoms with Crippen LogP contribution in [-0.2, 0) is 6.54 Å². The zero-order valence-electron chi connectivity index (χ0n) is 15.4. The third-order valence-corrected chi connectivity index (χ3v) is 5.07. The van der Waals surface area contributed by atoms with Crippen molar-refractivity contribution in [3.05, 3.63) is 69.5 Å². The molecule has 0 aliphatic carbocycles. The van der Waals surface area contributed by atoms with Crippen LogP contribution in [0.5, 0.6) is 0 Å². The number of pyridine rings is 1. The summed E-state index contributed by atoms with van der Waals surface area (Å²) in [6.07, 6.45) is 0.0430. The minimum absolute atomic E-state index is 0.0430. The van der Waals surface area contributed by atoms with E-state index >= 15 is 0 Å². The van der Waals surface area contributed by atoms with E-state index in [4.69, 9.17) is 0 Å². The summed E-state index contributed by atoms with van der Waals surface area (Å²) in [7, 11) is 0. The van der Waals surface area contributed by atoms with E-state index in [1.807, 2.05) is 19.1 Å². The molecule has 0 saturated carbocycles. The molecule has 0 fully saturated rings. The molecule has 1 atom stereocenters. The first-order valence-corrected chi connectivity index (χ1v) is 8.99. The van der Waals surface area contributed by atoms with Gasteiger partial charge in [0.15, 0.2) is 11.6 Å². The molecule has 3 aromatic rings. The Morgan fingerprint density at radius 2 is 1.93 bits per heavy atom. The number of fused-ring (bicyclic) bond motifs is 2. The van der Waals surface area contributed by atoms with Gasteiger partial charge >= 0.3 is 0 Å². The predicted molar refractivity (Wildman–Crippen MR) is 104 cm³/mol. The van der Waals surface area contributed by atoms with Gasteiger partial charge in [0.25, 0.3) is 0 Å². The molecule has 1 unspecified atom stereocenters. The maximum absolute atomic E-state index is 14.2. The first kappa shape index (κ1) is 17.5. The molecular formula is C21H21F2N3O. The van der Waals surface area contributed by atoms with Crippen LogP contribution in [-0.4, -0.2) is 11.1 Å². The van der Waals surface area contributed by atoms with Crippen LogP contribution in [0.2, 0.25) is 0 Å². The Bertz CT molecular complexity index is 1090. The van der Waals surface area contributed by atoms with Gasteiger partial charge in [-0.25, -0.2) is 8.78 Å². The van der Waals surface area contributed by atoms with Crippen molar-refractivity contribution in [3.63, 3.8) is 0 Å². The van der Waals surface area contributed by atoms with Gasteiger partial charge in [-0.15, -0.1) is 0 Å². The molecule has 140 valence electrons. The van der Waals surface area contributed by atoms with Gasteiger partial charge in [0, 0.05) is 18.0 Å². The van der Waals surface area contributed by atoms with E-state index in [-0.39, 0.29) is 11.7 Å². The quantitative estimate of drug-likeness (QED) is 0.713. The average molecular weight is 369 g/mol. The molecule has 1 aliphatic heterocycles. The summed E-state index contributed by atoms with van der Waals surface area (Å²) in [5.41, 5.74) is 3.34. The van der Waals surface area contributed by atoms with Crippen LogP contribution in [0.25, 0.3) is 10.9 Å². The van der Waals surface area contributed by atoms with Crippen molar-refractivity contribution in [2.45, 2.75) is 33.5 Å². The number of aromatic amines is 1. The zero-order valence-corrected chi connectivity index (χ0v) is 15.4. The fourth-order valence-electron chi connectivity index (χ4n) is 3.75. The number of anilines is 2. The number of rotatable bonds is 3. The van der Waals surface area contributed by atoms with E-state index in [1.165, 1.54) is 12.1 Å². The first-order valence-electron chi connectivity index (χ1n) is 8.99. The molecule has 0 amide bonds. The number of hydrogen-bond acceptors (Lipinski definition) is 3. The molecule has 4 nitrogen and oxygen atoms in total. The van der Waals surface area contributed by atoms with Gasteiger partial charge in [-0.05, 0) is 48.2 Å². The summed E-state index contributed by atoms with van der Waals surface area (Å²) >= 11 is 0. The lowest BCUT2D eigenvalue weighted by atomic mass is 10.1. The Balaban J connectivity index is 1.85. The summed E-state index contributed by atoms with van der Waals surface area (Å²) in [6, 6.07) is 10.3. The summed E-state index contributed by atoms with van der Waals surface area (Å²) in [5, 5.41) is 4.03. The Kier molecular flexibility index (Phi) is 4.13. The molecule has 0 bridgehead atoms. The van der Waals surface area contributed by atoms with Crippen molar-refractivity contribution in [1.29, 1.82) is 0 Å². The number of aryl methyl sites for hydroxylation is 1. The molecule has 27 heavy (non-hydrogen) atoms. The summed E-state index contributed by atoms with van der Waals surface area (Å²) in [5.74, 6) is -1.69. The number of H-pyrrole nitrogens is 1. The van der Waals surface area contributed by atoms with E-state index in [0.717, 1.165) is 23.0 Å². The van der Waals surface area contributed by atoms with Crippen LogP contribution in [0, 0.1) is 24.5 Å². The lowest BCUT2D eigenvalue weighted by Gasteiger charge is -2.30. The molecule has 0 saturated heterocycles. The topological polar surface area (TPSA) is 48.1 Å². The van der Waals surface area contributed by atoms with Gasteiger partial charge in [0.1, 0.15) is 6.17 Å². The Morgan fingerprint density at radius 1 is 1.15 bits per heavy atom. The van der Waals surface area contributed by atoms with Crippen molar-refractivity contribution in [3.8, 4) is 0 Å². The molecular weight excluding hydrogens is 348 g/mol. The minimum atomic E-state index is -1.03. The van der Waals surface area contributed by atoms with Crippen molar-refractivity contribution in [1.82, 2.24) is 4.98 Å². The standard InChI is InChI=1S/C21H21F2N3O/c1-11(2)21-24-16-7-4-12(3)8-17(16)26(21)10-13-9-18(27)25-20-14(13)5-6-15(22)19(20)23/h4-9,11,21,24H,10H2,1-3H3,(H,25,27).